The van der Waals surface area contributed by atoms with E-state index in [4.69, 9.17) is 4.74 Å². The highest BCUT2D eigenvalue weighted by Gasteiger charge is 2.15. The zero-order valence-corrected chi connectivity index (χ0v) is 10.2. The molecule has 1 saturated heterocycles. The van der Waals surface area contributed by atoms with Crippen LogP contribution in [0.25, 0.3) is 0 Å². The second-order valence-electron chi connectivity index (χ2n) is 4.62. The molecule has 1 aromatic rings. The van der Waals surface area contributed by atoms with Crippen molar-refractivity contribution >= 4 is 0 Å². The van der Waals surface area contributed by atoms with Crippen molar-refractivity contribution in [2.75, 3.05) is 19.8 Å². The van der Waals surface area contributed by atoms with Crippen molar-refractivity contribution in [3.8, 4) is 0 Å². The van der Waals surface area contributed by atoms with Crippen molar-refractivity contribution in [1.29, 1.82) is 0 Å². The molecule has 0 spiro atoms. The van der Waals surface area contributed by atoms with Crippen LogP contribution in [0.5, 0.6) is 0 Å². The summed E-state index contributed by atoms with van der Waals surface area (Å²) >= 11 is 0. The van der Waals surface area contributed by atoms with Crippen molar-refractivity contribution in [1.82, 2.24) is 10.3 Å². The quantitative estimate of drug-likeness (QED) is 0.874. The summed E-state index contributed by atoms with van der Waals surface area (Å²) < 4.78 is 18.3. The van der Waals surface area contributed by atoms with Crippen molar-refractivity contribution in [3.05, 3.63) is 29.8 Å². The third kappa shape index (κ3) is 3.75. The van der Waals surface area contributed by atoms with Crippen LogP contribution in [0.4, 0.5) is 4.39 Å². The van der Waals surface area contributed by atoms with Crippen LogP contribution in [0.2, 0.25) is 0 Å². The van der Waals surface area contributed by atoms with Gasteiger partial charge in [0.1, 0.15) is 5.82 Å². The van der Waals surface area contributed by atoms with Gasteiger partial charge in [-0.2, -0.15) is 0 Å². The molecule has 0 bridgehead atoms. The minimum absolute atomic E-state index is 0.140. The van der Waals surface area contributed by atoms with Crippen LogP contribution in [-0.4, -0.2) is 24.7 Å². The Hall–Kier alpha value is -1.00. The Morgan fingerprint density at radius 1 is 1.47 bits per heavy atom. The van der Waals surface area contributed by atoms with Crippen molar-refractivity contribution in [3.63, 3.8) is 0 Å². The fourth-order valence-corrected chi connectivity index (χ4v) is 2.08. The van der Waals surface area contributed by atoms with Crippen LogP contribution >= 0.6 is 0 Å². The molecular formula is C13H19FN2O. The number of hydrogen-bond donors (Lipinski definition) is 1. The van der Waals surface area contributed by atoms with Gasteiger partial charge in [-0.15, -0.1) is 0 Å². The number of nitrogens with one attached hydrogen (secondary N) is 1. The van der Waals surface area contributed by atoms with E-state index in [0.717, 1.165) is 38.2 Å². The van der Waals surface area contributed by atoms with Gasteiger partial charge in [-0.25, -0.2) is 4.39 Å². The van der Waals surface area contributed by atoms with Gasteiger partial charge >= 0.3 is 0 Å². The molecular weight excluding hydrogens is 219 g/mol. The SMILES string of the molecule is CC(NCC1CCOCC1)c1cncc(F)c1. The Morgan fingerprint density at radius 3 is 2.94 bits per heavy atom. The lowest BCUT2D eigenvalue weighted by atomic mass is 9.99. The molecule has 1 aromatic heterocycles. The minimum atomic E-state index is -0.276. The van der Waals surface area contributed by atoms with Crippen LogP contribution in [0.1, 0.15) is 31.4 Å². The van der Waals surface area contributed by atoms with Gasteiger partial charge in [-0.05, 0) is 43.9 Å². The molecule has 1 fully saturated rings. The molecule has 0 aliphatic carbocycles. The summed E-state index contributed by atoms with van der Waals surface area (Å²) in [5, 5.41) is 3.43. The molecule has 0 amide bonds. The lowest BCUT2D eigenvalue weighted by Gasteiger charge is -2.24. The summed E-state index contributed by atoms with van der Waals surface area (Å²) in [4.78, 5) is 3.87. The third-order valence-corrected chi connectivity index (χ3v) is 3.28. The van der Waals surface area contributed by atoms with E-state index in [1.807, 2.05) is 6.92 Å². The van der Waals surface area contributed by atoms with E-state index in [9.17, 15) is 4.39 Å². The van der Waals surface area contributed by atoms with Crippen molar-refractivity contribution < 1.29 is 9.13 Å². The predicted octanol–water partition coefficient (Wildman–Crippen LogP) is 2.30. The molecule has 1 atom stereocenters. The van der Waals surface area contributed by atoms with E-state index in [-0.39, 0.29) is 11.9 Å². The molecule has 0 saturated carbocycles. The van der Waals surface area contributed by atoms with Gasteiger partial charge in [-0.1, -0.05) is 0 Å². The summed E-state index contributed by atoms with van der Waals surface area (Å²) in [5.74, 6) is 0.398. The van der Waals surface area contributed by atoms with E-state index < -0.39 is 0 Å². The Morgan fingerprint density at radius 2 is 2.24 bits per heavy atom. The van der Waals surface area contributed by atoms with E-state index in [0.29, 0.717) is 5.92 Å². The molecule has 1 aliphatic rings. The highest BCUT2D eigenvalue weighted by Crippen LogP contribution is 2.16. The lowest BCUT2D eigenvalue weighted by Crippen LogP contribution is -2.29. The number of hydrogen-bond acceptors (Lipinski definition) is 3. The summed E-state index contributed by atoms with van der Waals surface area (Å²) in [6.45, 7) is 4.72. The van der Waals surface area contributed by atoms with Gasteiger partial charge in [0.05, 0.1) is 6.20 Å². The fraction of sp³-hybridized carbons (Fsp3) is 0.615. The number of ether oxygens (including phenoxy) is 1. The summed E-state index contributed by atoms with van der Waals surface area (Å²) in [7, 11) is 0. The molecule has 0 aromatic carbocycles. The van der Waals surface area contributed by atoms with Crippen LogP contribution < -0.4 is 5.32 Å². The maximum Gasteiger partial charge on any atom is 0.141 e. The molecule has 2 rings (SSSR count). The first-order valence-corrected chi connectivity index (χ1v) is 6.17. The molecule has 2 heterocycles. The van der Waals surface area contributed by atoms with Crippen LogP contribution in [-0.2, 0) is 4.74 Å². The van der Waals surface area contributed by atoms with Crippen LogP contribution in [0, 0.1) is 11.7 Å². The average molecular weight is 238 g/mol. The van der Waals surface area contributed by atoms with Crippen molar-refractivity contribution in [2.45, 2.75) is 25.8 Å². The van der Waals surface area contributed by atoms with Gasteiger partial charge in [0.15, 0.2) is 0 Å². The van der Waals surface area contributed by atoms with E-state index >= 15 is 0 Å². The lowest BCUT2D eigenvalue weighted by molar-refractivity contribution is 0.0656. The predicted molar refractivity (Wildman–Crippen MR) is 64.2 cm³/mol. The maximum absolute atomic E-state index is 13.0. The normalized spacial score (nSPS) is 19.2. The van der Waals surface area contributed by atoms with E-state index in [1.165, 1.54) is 12.3 Å². The molecule has 1 aliphatic heterocycles. The minimum Gasteiger partial charge on any atom is -0.381 e. The fourth-order valence-electron chi connectivity index (χ4n) is 2.08. The monoisotopic (exact) mass is 238 g/mol. The van der Waals surface area contributed by atoms with Gasteiger partial charge < -0.3 is 10.1 Å². The first-order chi connectivity index (χ1) is 8.25. The zero-order valence-electron chi connectivity index (χ0n) is 10.2. The van der Waals surface area contributed by atoms with Gasteiger partial charge in [-0.3, -0.25) is 4.98 Å². The molecule has 94 valence electrons. The second-order valence-corrected chi connectivity index (χ2v) is 4.62. The number of aromatic nitrogens is 1. The molecule has 0 radical (unpaired) electrons. The van der Waals surface area contributed by atoms with Crippen LogP contribution in [0.15, 0.2) is 18.5 Å². The smallest absolute Gasteiger partial charge is 0.141 e. The molecule has 1 unspecified atom stereocenters. The van der Waals surface area contributed by atoms with Gasteiger partial charge in [0.25, 0.3) is 0 Å². The molecule has 1 N–H and O–H groups in total. The maximum atomic E-state index is 13.0. The third-order valence-electron chi connectivity index (χ3n) is 3.28. The first-order valence-electron chi connectivity index (χ1n) is 6.17. The van der Waals surface area contributed by atoms with Gasteiger partial charge in [0, 0.05) is 25.5 Å². The molecule has 17 heavy (non-hydrogen) atoms. The Kier molecular flexibility index (Phi) is 4.45. The highest BCUT2D eigenvalue weighted by molar-refractivity contribution is 5.14. The first kappa shape index (κ1) is 12.5. The summed E-state index contributed by atoms with van der Waals surface area (Å²) in [6, 6.07) is 1.68. The van der Waals surface area contributed by atoms with E-state index in [2.05, 4.69) is 10.3 Å². The second kappa shape index (κ2) is 6.07. The molecule has 4 heteroatoms. The molecule has 3 nitrogen and oxygen atoms in total. The number of halogens is 1. The van der Waals surface area contributed by atoms with E-state index in [1.54, 1.807) is 6.20 Å². The van der Waals surface area contributed by atoms with Gasteiger partial charge in [0.2, 0.25) is 0 Å². The summed E-state index contributed by atoms with van der Waals surface area (Å²) in [6.07, 6.45) is 5.17. The Balaban J connectivity index is 1.82. The topological polar surface area (TPSA) is 34.1 Å². The summed E-state index contributed by atoms with van der Waals surface area (Å²) in [5.41, 5.74) is 0.900. The van der Waals surface area contributed by atoms with Crippen LogP contribution in [0.3, 0.4) is 0 Å². The zero-order chi connectivity index (χ0) is 12.1. The Bertz CT molecular complexity index is 353. The number of nitrogens with zero attached hydrogens (tertiary/aromatic N) is 1. The standard InChI is InChI=1S/C13H19FN2O/c1-10(12-6-13(14)9-15-8-12)16-7-11-2-4-17-5-3-11/h6,8-11,16H,2-5,7H2,1H3. The largest absolute Gasteiger partial charge is 0.381 e. The number of rotatable bonds is 4. The average Bonchev–Trinajstić information content (AvgIpc) is 2.37. The highest BCUT2D eigenvalue weighted by atomic mass is 19.1. The van der Waals surface area contributed by atoms with Crippen molar-refractivity contribution in [2.24, 2.45) is 5.92 Å². The Labute approximate surface area is 101 Å². The number of pyridine rings is 1.